The molecule has 1 atom stereocenters. The predicted molar refractivity (Wildman–Crippen MR) is 75.5 cm³/mol. The molecule has 2 rings (SSSR count). The summed E-state index contributed by atoms with van der Waals surface area (Å²) in [6.45, 7) is 2.21. The first-order chi connectivity index (χ1) is 9.11. The van der Waals surface area contributed by atoms with Crippen LogP contribution in [0.3, 0.4) is 0 Å². The molecule has 3 nitrogen and oxygen atoms in total. The maximum absolute atomic E-state index is 10.2. The van der Waals surface area contributed by atoms with Gasteiger partial charge in [-0.1, -0.05) is 11.6 Å². The molecule has 0 heterocycles. The van der Waals surface area contributed by atoms with Gasteiger partial charge < -0.3 is 15.3 Å². The zero-order chi connectivity index (χ0) is 13.8. The van der Waals surface area contributed by atoms with Gasteiger partial charge in [-0.3, -0.25) is 0 Å². The molecule has 1 aliphatic carbocycles. The van der Waals surface area contributed by atoms with Crippen molar-refractivity contribution in [2.45, 2.75) is 44.9 Å². The second kappa shape index (κ2) is 6.11. The first-order valence-electron chi connectivity index (χ1n) is 6.94. The molecular formula is C16H22O3. The summed E-state index contributed by atoms with van der Waals surface area (Å²) in [5.74, 6) is 0.452. The average Bonchev–Trinajstić information content (AvgIpc) is 2.35. The first kappa shape index (κ1) is 13.9. The Bertz CT molecular complexity index is 454. The number of rotatable bonds is 4. The number of phenolic OH excluding ortho intramolecular Hbond substituents is 2. The third-order valence-corrected chi connectivity index (χ3v) is 3.76. The van der Waals surface area contributed by atoms with Crippen molar-refractivity contribution < 1.29 is 15.3 Å². The molecule has 1 aromatic rings. The minimum Gasteiger partial charge on any atom is -0.507 e. The van der Waals surface area contributed by atoms with E-state index in [0.29, 0.717) is 18.4 Å². The van der Waals surface area contributed by atoms with E-state index in [0.717, 1.165) is 24.8 Å². The molecule has 3 heteroatoms. The maximum Gasteiger partial charge on any atom is 0.123 e. The van der Waals surface area contributed by atoms with Crippen molar-refractivity contribution in [3.8, 4) is 11.5 Å². The van der Waals surface area contributed by atoms with E-state index in [4.69, 9.17) is 5.11 Å². The van der Waals surface area contributed by atoms with E-state index < -0.39 is 0 Å². The van der Waals surface area contributed by atoms with Gasteiger partial charge in [-0.25, -0.2) is 0 Å². The molecule has 0 bridgehead atoms. The normalized spacial score (nSPS) is 19.3. The Morgan fingerprint density at radius 1 is 1.21 bits per heavy atom. The van der Waals surface area contributed by atoms with Crippen LogP contribution in [0.15, 0.2) is 23.8 Å². The summed E-state index contributed by atoms with van der Waals surface area (Å²) >= 11 is 0. The lowest BCUT2D eigenvalue weighted by Gasteiger charge is -2.22. The highest BCUT2D eigenvalue weighted by Gasteiger charge is 2.21. The number of hydrogen-bond acceptors (Lipinski definition) is 3. The van der Waals surface area contributed by atoms with E-state index in [1.54, 1.807) is 12.1 Å². The largest absolute Gasteiger partial charge is 0.507 e. The number of aryl methyl sites for hydroxylation is 1. The van der Waals surface area contributed by atoms with E-state index in [1.807, 2.05) is 0 Å². The van der Waals surface area contributed by atoms with Crippen molar-refractivity contribution in [2.24, 2.45) is 0 Å². The molecule has 0 saturated carbocycles. The van der Waals surface area contributed by atoms with E-state index >= 15 is 0 Å². The zero-order valence-electron chi connectivity index (χ0n) is 11.4. The van der Waals surface area contributed by atoms with Gasteiger partial charge in [-0.2, -0.15) is 0 Å². The lowest BCUT2D eigenvalue weighted by Crippen LogP contribution is -2.03. The Hall–Kier alpha value is -1.48. The van der Waals surface area contributed by atoms with Gasteiger partial charge in [0.25, 0.3) is 0 Å². The monoisotopic (exact) mass is 262 g/mol. The van der Waals surface area contributed by atoms with Crippen LogP contribution in [0.4, 0.5) is 0 Å². The Kier molecular flexibility index (Phi) is 4.48. The van der Waals surface area contributed by atoms with Crippen molar-refractivity contribution in [2.75, 3.05) is 6.61 Å². The van der Waals surface area contributed by atoms with Crippen LogP contribution in [0.2, 0.25) is 0 Å². The van der Waals surface area contributed by atoms with Crippen LogP contribution in [0, 0.1) is 0 Å². The van der Waals surface area contributed by atoms with Gasteiger partial charge in [0, 0.05) is 18.1 Å². The van der Waals surface area contributed by atoms with Crippen molar-refractivity contribution in [1.82, 2.24) is 0 Å². The first-order valence-corrected chi connectivity index (χ1v) is 6.94. The second-order valence-corrected chi connectivity index (χ2v) is 5.39. The molecule has 0 spiro atoms. The van der Waals surface area contributed by atoms with Gasteiger partial charge in [0.1, 0.15) is 11.5 Å². The number of allylic oxidation sites excluding steroid dienone is 2. The van der Waals surface area contributed by atoms with Gasteiger partial charge in [-0.05, 0) is 56.7 Å². The molecule has 0 saturated heterocycles. The Morgan fingerprint density at radius 3 is 2.47 bits per heavy atom. The van der Waals surface area contributed by atoms with E-state index in [1.165, 1.54) is 5.57 Å². The molecule has 0 radical (unpaired) electrons. The van der Waals surface area contributed by atoms with Crippen LogP contribution in [0.1, 0.15) is 49.7 Å². The van der Waals surface area contributed by atoms with Crippen molar-refractivity contribution in [3.05, 3.63) is 34.9 Å². The Balaban J connectivity index is 2.28. The van der Waals surface area contributed by atoms with Crippen LogP contribution in [0.5, 0.6) is 11.5 Å². The highest BCUT2D eigenvalue weighted by Crippen LogP contribution is 2.41. The minimum absolute atomic E-state index is 0.112. The minimum atomic E-state index is 0.112. The summed E-state index contributed by atoms with van der Waals surface area (Å²) in [6, 6.07) is 3.42. The fourth-order valence-electron chi connectivity index (χ4n) is 2.83. The summed E-state index contributed by atoms with van der Waals surface area (Å²) in [7, 11) is 0. The summed E-state index contributed by atoms with van der Waals surface area (Å²) < 4.78 is 0. The summed E-state index contributed by atoms with van der Waals surface area (Å²) in [4.78, 5) is 0. The summed E-state index contributed by atoms with van der Waals surface area (Å²) in [5, 5.41) is 29.1. The number of aromatic hydroxyl groups is 2. The van der Waals surface area contributed by atoms with Crippen LogP contribution in [-0.4, -0.2) is 21.9 Å². The lowest BCUT2D eigenvalue weighted by molar-refractivity contribution is 0.288. The predicted octanol–water partition coefficient (Wildman–Crippen LogP) is 3.24. The third kappa shape index (κ3) is 3.29. The van der Waals surface area contributed by atoms with Crippen LogP contribution < -0.4 is 0 Å². The van der Waals surface area contributed by atoms with Crippen molar-refractivity contribution >= 4 is 0 Å². The fraction of sp³-hybridized carbons (Fsp3) is 0.500. The van der Waals surface area contributed by atoms with E-state index in [2.05, 4.69) is 13.0 Å². The zero-order valence-corrected chi connectivity index (χ0v) is 11.4. The van der Waals surface area contributed by atoms with E-state index in [9.17, 15) is 10.2 Å². The van der Waals surface area contributed by atoms with Crippen molar-refractivity contribution in [3.63, 3.8) is 0 Å². The van der Waals surface area contributed by atoms with Gasteiger partial charge in [0.05, 0.1) is 0 Å². The highest BCUT2D eigenvalue weighted by atomic mass is 16.3. The van der Waals surface area contributed by atoms with Crippen LogP contribution in [-0.2, 0) is 6.42 Å². The molecule has 19 heavy (non-hydrogen) atoms. The third-order valence-electron chi connectivity index (χ3n) is 3.76. The molecule has 0 aromatic heterocycles. The van der Waals surface area contributed by atoms with E-state index in [-0.39, 0.29) is 24.0 Å². The average molecular weight is 262 g/mol. The lowest BCUT2D eigenvalue weighted by atomic mass is 9.84. The summed E-state index contributed by atoms with van der Waals surface area (Å²) in [5.41, 5.74) is 2.83. The van der Waals surface area contributed by atoms with Gasteiger partial charge >= 0.3 is 0 Å². The molecule has 1 unspecified atom stereocenters. The summed E-state index contributed by atoms with van der Waals surface area (Å²) in [6.07, 6.45) is 6.61. The maximum atomic E-state index is 10.2. The van der Waals surface area contributed by atoms with Gasteiger partial charge in [0.2, 0.25) is 0 Å². The van der Waals surface area contributed by atoms with Gasteiger partial charge in [-0.15, -0.1) is 0 Å². The molecule has 1 aliphatic rings. The smallest absolute Gasteiger partial charge is 0.123 e. The quantitative estimate of drug-likeness (QED) is 0.730. The molecule has 3 N–H and O–H groups in total. The fourth-order valence-corrected chi connectivity index (χ4v) is 2.83. The number of aliphatic hydroxyl groups is 1. The van der Waals surface area contributed by atoms with Crippen LogP contribution in [0.25, 0.3) is 0 Å². The Morgan fingerprint density at radius 2 is 1.89 bits per heavy atom. The SMILES string of the molecule is CC1=CC(c2c(O)cc(CCCO)cc2O)CCC1. The molecular weight excluding hydrogens is 240 g/mol. The highest BCUT2D eigenvalue weighted by molar-refractivity contribution is 5.50. The topological polar surface area (TPSA) is 60.7 Å². The molecule has 0 aliphatic heterocycles. The Labute approximate surface area is 114 Å². The molecule has 0 fully saturated rings. The number of aliphatic hydroxyl groups excluding tert-OH is 1. The number of phenols is 2. The standard InChI is InChI=1S/C16H22O3/c1-11-4-2-6-13(8-11)16-14(18)9-12(5-3-7-17)10-15(16)19/h8-10,13,17-19H,2-7H2,1H3. The van der Waals surface area contributed by atoms with Crippen molar-refractivity contribution in [1.29, 1.82) is 0 Å². The van der Waals surface area contributed by atoms with Gasteiger partial charge in [0.15, 0.2) is 0 Å². The molecule has 104 valence electrons. The molecule has 1 aromatic carbocycles. The number of benzene rings is 1. The molecule has 0 amide bonds. The number of hydrogen-bond donors (Lipinski definition) is 3. The second-order valence-electron chi connectivity index (χ2n) is 5.39. The van der Waals surface area contributed by atoms with Crippen LogP contribution >= 0.6 is 0 Å².